The number of nitrogens with one attached hydrogen (secondary N) is 1. The third-order valence-corrected chi connectivity index (χ3v) is 3.96. The van der Waals surface area contributed by atoms with E-state index in [4.69, 9.17) is 9.47 Å². The normalized spacial score (nSPS) is 26.6. The molecule has 3 rings (SSSR count). The van der Waals surface area contributed by atoms with Gasteiger partial charge < -0.3 is 14.8 Å². The highest BCUT2D eigenvalue weighted by Crippen LogP contribution is 2.36. The summed E-state index contributed by atoms with van der Waals surface area (Å²) in [6.45, 7) is 4.68. The van der Waals surface area contributed by atoms with E-state index >= 15 is 0 Å². The quantitative estimate of drug-likeness (QED) is 0.854. The molecule has 2 unspecified atom stereocenters. The minimum Gasteiger partial charge on any atom is -0.494 e. The molecule has 1 aliphatic heterocycles. The minimum atomic E-state index is 0.228. The van der Waals surface area contributed by atoms with Crippen LogP contribution in [-0.2, 0) is 4.74 Å². The van der Waals surface area contributed by atoms with Crippen LogP contribution in [0.2, 0.25) is 0 Å². The standard InChI is InChI=1S/C16H23NO2/c1-2-18-15-5-3-4-12(10-15)16-13(8-9-19-16)11-17-14-6-7-14/h3-5,10,13-14,16-17H,2,6-9,11H2,1H3. The molecule has 1 N–H and O–H groups in total. The molecule has 1 saturated heterocycles. The maximum atomic E-state index is 5.94. The number of benzene rings is 1. The third kappa shape index (κ3) is 3.28. The van der Waals surface area contributed by atoms with Gasteiger partial charge in [0.25, 0.3) is 0 Å². The van der Waals surface area contributed by atoms with Crippen molar-refractivity contribution in [2.75, 3.05) is 19.8 Å². The van der Waals surface area contributed by atoms with Crippen molar-refractivity contribution in [2.45, 2.75) is 38.3 Å². The molecule has 2 aliphatic rings. The van der Waals surface area contributed by atoms with E-state index in [1.807, 2.05) is 13.0 Å². The molecular weight excluding hydrogens is 238 g/mol. The average Bonchev–Trinajstić information content (AvgIpc) is 3.14. The largest absolute Gasteiger partial charge is 0.494 e. The maximum absolute atomic E-state index is 5.94. The van der Waals surface area contributed by atoms with Gasteiger partial charge in [-0.15, -0.1) is 0 Å². The van der Waals surface area contributed by atoms with Crippen LogP contribution in [0.3, 0.4) is 0 Å². The first kappa shape index (κ1) is 12.9. The predicted molar refractivity (Wildman–Crippen MR) is 75.4 cm³/mol. The van der Waals surface area contributed by atoms with Gasteiger partial charge >= 0.3 is 0 Å². The lowest BCUT2D eigenvalue weighted by Gasteiger charge is -2.20. The first-order valence-corrected chi connectivity index (χ1v) is 7.44. The van der Waals surface area contributed by atoms with Crippen molar-refractivity contribution >= 4 is 0 Å². The summed E-state index contributed by atoms with van der Waals surface area (Å²) in [6.07, 6.45) is 4.07. The predicted octanol–water partition coefficient (Wildman–Crippen LogP) is 2.91. The first-order valence-electron chi connectivity index (χ1n) is 7.44. The molecule has 104 valence electrons. The molecule has 1 heterocycles. The molecule has 0 amide bonds. The molecule has 3 nitrogen and oxygen atoms in total. The summed E-state index contributed by atoms with van der Waals surface area (Å²) in [5.41, 5.74) is 1.26. The Hall–Kier alpha value is -1.06. The van der Waals surface area contributed by atoms with E-state index in [1.54, 1.807) is 0 Å². The Morgan fingerprint density at radius 3 is 3.00 bits per heavy atom. The second-order valence-corrected chi connectivity index (χ2v) is 5.53. The molecule has 2 atom stereocenters. The van der Waals surface area contributed by atoms with Gasteiger partial charge in [0.15, 0.2) is 0 Å². The Kier molecular flexibility index (Phi) is 4.04. The number of ether oxygens (including phenoxy) is 2. The summed E-state index contributed by atoms with van der Waals surface area (Å²) in [5, 5.41) is 3.63. The van der Waals surface area contributed by atoms with Crippen LogP contribution in [0.15, 0.2) is 24.3 Å². The van der Waals surface area contributed by atoms with Gasteiger partial charge in [-0.25, -0.2) is 0 Å². The van der Waals surface area contributed by atoms with Gasteiger partial charge in [-0.2, -0.15) is 0 Å². The lowest BCUT2D eigenvalue weighted by molar-refractivity contribution is 0.0902. The molecule has 0 aromatic heterocycles. The van der Waals surface area contributed by atoms with Gasteiger partial charge in [0.05, 0.1) is 12.7 Å². The lowest BCUT2D eigenvalue weighted by atomic mass is 9.95. The highest BCUT2D eigenvalue weighted by Gasteiger charge is 2.31. The molecule has 0 bridgehead atoms. The van der Waals surface area contributed by atoms with Crippen LogP contribution in [0.25, 0.3) is 0 Å². The van der Waals surface area contributed by atoms with E-state index in [1.165, 1.54) is 18.4 Å². The Balaban J connectivity index is 1.66. The fraction of sp³-hybridized carbons (Fsp3) is 0.625. The summed E-state index contributed by atoms with van der Waals surface area (Å²) < 4.78 is 11.5. The van der Waals surface area contributed by atoms with Crippen LogP contribution in [0.4, 0.5) is 0 Å². The highest BCUT2D eigenvalue weighted by atomic mass is 16.5. The monoisotopic (exact) mass is 261 g/mol. The highest BCUT2D eigenvalue weighted by molar-refractivity contribution is 5.30. The van der Waals surface area contributed by atoms with Gasteiger partial charge in [0, 0.05) is 25.1 Å². The zero-order chi connectivity index (χ0) is 13.1. The van der Waals surface area contributed by atoms with Crippen LogP contribution >= 0.6 is 0 Å². The Bertz CT molecular complexity index is 417. The van der Waals surface area contributed by atoms with E-state index in [9.17, 15) is 0 Å². The van der Waals surface area contributed by atoms with Crippen molar-refractivity contribution in [3.8, 4) is 5.75 Å². The van der Waals surface area contributed by atoms with E-state index in [0.717, 1.165) is 31.4 Å². The molecular formula is C16H23NO2. The summed E-state index contributed by atoms with van der Waals surface area (Å²) in [5.74, 6) is 1.54. The lowest BCUT2D eigenvalue weighted by Crippen LogP contribution is -2.26. The molecule has 1 aromatic carbocycles. The Labute approximate surface area is 115 Å². The van der Waals surface area contributed by atoms with Gasteiger partial charge in [-0.3, -0.25) is 0 Å². The minimum absolute atomic E-state index is 0.228. The summed E-state index contributed by atoms with van der Waals surface area (Å²) >= 11 is 0. The average molecular weight is 261 g/mol. The summed E-state index contributed by atoms with van der Waals surface area (Å²) in [4.78, 5) is 0. The molecule has 19 heavy (non-hydrogen) atoms. The molecule has 1 saturated carbocycles. The second-order valence-electron chi connectivity index (χ2n) is 5.53. The zero-order valence-electron chi connectivity index (χ0n) is 11.6. The van der Waals surface area contributed by atoms with Crippen molar-refractivity contribution in [3.63, 3.8) is 0 Å². The Morgan fingerprint density at radius 1 is 1.32 bits per heavy atom. The van der Waals surface area contributed by atoms with E-state index in [0.29, 0.717) is 12.5 Å². The maximum Gasteiger partial charge on any atom is 0.119 e. The van der Waals surface area contributed by atoms with Crippen molar-refractivity contribution in [1.29, 1.82) is 0 Å². The molecule has 0 spiro atoms. The van der Waals surface area contributed by atoms with Crippen molar-refractivity contribution in [2.24, 2.45) is 5.92 Å². The number of hydrogen-bond acceptors (Lipinski definition) is 3. The molecule has 1 aromatic rings. The first-order chi connectivity index (χ1) is 9.36. The van der Waals surface area contributed by atoms with Crippen molar-refractivity contribution in [1.82, 2.24) is 5.32 Å². The fourth-order valence-corrected chi connectivity index (χ4v) is 2.76. The van der Waals surface area contributed by atoms with Crippen molar-refractivity contribution in [3.05, 3.63) is 29.8 Å². The number of rotatable bonds is 6. The van der Waals surface area contributed by atoms with Crippen molar-refractivity contribution < 1.29 is 9.47 Å². The van der Waals surface area contributed by atoms with Gasteiger partial charge in [0.2, 0.25) is 0 Å². The molecule has 1 aliphatic carbocycles. The topological polar surface area (TPSA) is 30.5 Å². The zero-order valence-corrected chi connectivity index (χ0v) is 11.6. The fourth-order valence-electron chi connectivity index (χ4n) is 2.76. The number of hydrogen-bond donors (Lipinski definition) is 1. The smallest absolute Gasteiger partial charge is 0.119 e. The van der Waals surface area contributed by atoms with Gasteiger partial charge in [-0.05, 0) is 43.9 Å². The van der Waals surface area contributed by atoms with Crippen LogP contribution in [0.1, 0.15) is 37.9 Å². The summed E-state index contributed by atoms with van der Waals surface area (Å²) in [7, 11) is 0. The van der Waals surface area contributed by atoms with Crippen LogP contribution in [0, 0.1) is 5.92 Å². The van der Waals surface area contributed by atoms with Crippen LogP contribution < -0.4 is 10.1 Å². The van der Waals surface area contributed by atoms with Gasteiger partial charge in [0.1, 0.15) is 5.75 Å². The third-order valence-electron chi connectivity index (χ3n) is 3.96. The van der Waals surface area contributed by atoms with Gasteiger partial charge in [-0.1, -0.05) is 12.1 Å². The van der Waals surface area contributed by atoms with Crippen LogP contribution in [-0.4, -0.2) is 25.8 Å². The summed E-state index contributed by atoms with van der Waals surface area (Å²) in [6, 6.07) is 9.13. The second kappa shape index (κ2) is 5.93. The van der Waals surface area contributed by atoms with E-state index in [2.05, 4.69) is 23.5 Å². The molecule has 2 fully saturated rings. The molecule has 3 heteroatoms. The molecule has 0 radical (unpaired) electrons. The van der Waals surface area contributed by atoms with E-state index in [-0.39, 0.29) is 6.10 Å². The SMILES string of the molecule is CCOc1cccc(C2OCCC2CNC2CC2)c1. The van der Waals surface area contributed by atoms with E-state index < -0.39 is 0 Å². The Morgan fingerprint density at radius 2 is 2.21 bits per heavy atom. The van der Waals surface area contributed by atoms with Crippen LogP contribution in [0.5, 0.6) is 5.75 Å².